The quantitative estimate of drug-likeness (QED) is 0.730. The second-order valence-corrected chi connectivity index (χ2v) is 5.15. The lowest BCUT2D eigenvalue weighted by atomic mass is 10.1. The summed E-state index contributed by atoms with van der Waals surface area (Å²) in [6, 6.07) is 5.29. The number of halogens is 1. The van der Waals surface area contributed by atoms with Crippen LogP contribution in [0.4, 0.5) is 0 Å². The van der Waals surface area contributed by atoms with Crippen LogP contribution in [0.25, 0.3) is 6.08 Å². The molecule has 5 heteroatoms. The number of carboxylic acids is 1. The van der Waals surface area contributed by atoms with E-state index in [0.29, 0.717) is 34.8 Å². The largest absolute Gasteiger partial charge is 0.493 e. The molecule has 0 radical (unpaired) electrons. The van der Waals surface area contributed by atoms with Gasteiger partial charge in [0.1, 0.15) is 18.1 Å². The van der Waals surface area contributed by atoms with Crippen molar-refractivity contribution in [1.82, 2.24) is 0 Å². The second kappa shape index (κ2) is 8.43. The molecular formula is C15H17BrO4. The van der Waals surface area contributed by atoms with E-state index in [0.717, 1.165) is 12.5 Å². The third-order valence-electron chi connectivity index (χ3n) is 2.25. The molecule has 0 saturated carbocycles. The topological polar surface area (TPSA) is 55.8 Å². The van der Waals surface area contributed by atoms with Gasteiger partial charge in [-0.05, 0) is 24.6 Å². The first-order valence-corrected chi connectivity index (χ1v) is 6.96. The maximum Gasteiger partial charge on any atom is 0.328 e. The average Bonchev–Trinajstić information content (AvgIpc) is 2.41. The standard InChI is InChI=1S/C15H17BrO4/c1-3-8-19-13-6-4-12(5-7-15(17)18)14(9-13)20-10-11(2)16/h4-7,9H,2-3,8,10H2,1H3,(H,17,18)/b7-5+. The summed E-state index contributed by atoms with van der Waals surface area (Å²) < 4.78 is 11.8. The van der Waals surface area contributed by atoms with E-state index in [4.69, 9.17) is 14.6 Å². The van der Waals surface area contributed by atoms with E-state index in [-0.39, 0.29) is 0 Å². The van der Waals surface area contributed by atoms with Gasteiger partial charge in [-0.25, -0.2) is 4.79 Å². The zero-order valence-corrected chi connectivity index (χ0v) is 12.9. The van der Waals surface area contributed by atoms with Gasteiger partial charge in [-0.2, -0.15) is 0 Å². The molecule has 0 aliphatic rings. The fourth-order valence-electron chi connectivity index (χ4n) is 1.40. The van der Waals surface area contributed by atoms with Crippen LogP contribution in [0.5, 0.6) is 11.5 Å². The minimum absolute atomic E-state index is 0.297. The van der Waals surface area contributed by atoms with Crippen LogP contribution >= 0.6 is 15.9 Å². The highest BCUT2D eigenvalue weighted by Gasteiger charge is 2.05. The van der Waals surface area contributed by atoms with Crippen molar-refractivity contribution in [3.05, 3.63) is 40.9 Å². The van der Waals surface area contributed by atoms with Crippen molar-refractivity contribution in [3.63, 3.8) is 0 Å². The lowest BCUT2D eigenvalue weighted by molar-refractivity contribution is -0.131. The number of rotatable bonds is 8. The monoisotopic (exact) mass is 340 g/mol. The zero-order chi connectivity index (χ0) is 15.0. The van der Waals surface area contributed by atoms with Gasteiger partial charge in [-0.1, -0.05) is 29.4 Å². The van der Waals surface area contributed by atoms with Crippen molar-refractivity contribution in [2.45, 2.75) is 13.3 Å². The maximum atomic E-state index is 10.6. The first kappa shape index (κ1) is 16.3. The Bertz CT molecular complexity index is 509. The van der Waals surface area contributed by atoms with Crippen LogP contribution in [-0.4, -0.2) is 24.3 Å². The molecule has 0 aliphatic heterocycles. The molecule has 1 aromatic carbocycles. The third-order valence-corrected chi connectivity index (χ3v) is 2.48. The van der Waals surface area contributed by atoms with Gasteiger partial charge < -0.3 is 14.6 Å². The van der Waals surface area contributed by atoms with Crippen molar-refractivity contribution in [1.29, 1.82) is 0 Å². The first-order valence-electron chi connectivity index (χ1n) is 6.17. The number of ether oxygens (including phenoxy) is 2. The SMILES string of the molecule is C=C(Br)COc1cc(OCCC)ccc1/C=C/C(=O)O. The van der Waals surface area contributed by atoms with Crippen molar-refractivity contribution in [2.75, 3.05) is 13.2 Å². The molecule has 1 rings (SSSR count). The summed E-state index contributed by atoms with van der Waals surface area (Å²) in [5.74, 6) is 0.235. The lowest BCUT2D eigenvalue weighted by Crippen LogP contribution is -2.00. The molecule has 1 aromatic rings. The van der Waals surface area contributed by atoms with Gasteiger partial charge in [-0.3, -0.25) is 0 Å². The minimum Gasteiger partial charge on any atom is -0.493 e. The first-order chi connectivity index (χ1) is 9.52. The highest BCUT2D eigenvalue weighted by molar-refractivity contribution is 9.11. The molecule has 0 spiro atoms. The third kappa shape index (κ3) is 5.93. The predicted molar refractivity (Wildman–Crippen MR) is 82.5 cm³/mol. The van der Waals surface area contributed by atoms with Gasteiger partial charge in [-0.15, -0.1) is 0 Å². The fourth-order valence-corrected chi connectivity index (χ4v) is 1.52. The van der Waals surface area contributed by atoms with Gasteiger partial charge in [0, 0.05) is 22.2 Å². The highest BCUT2D eigenvalue weighted by atomic mass is 79.9. The molecular weight excluding hydrogens is 324 g/mol. The summed E-state index contributed by atoms with van der Waals surface area (Å²) >= 11 is 3.22. The summed E-state index contributed by atoms with van der Waals surface area (Å²) in [5.41, 5.74) is 0.671. The van der Waals surface area contributed by atoms with Crippen LogP contribution < -0.4 is 9.47 Å². The van der Waals surface area contributed by atoms with E-state index < -0.39 is 5.97 Å². The highest BCUT2D eigenvalue weighted by Crippen LogP contribution is 2.27. The van der Waals surface area contributed by atoms with E-state index >= 15 is 0 Å². The molecule has 0 aliphatic carbocycles. The van der Waals surface area contributed by atoms with Gasteiger partial charge >= 0.3 is 5.97 Å². The summed E-state index contributed by atoms with van der Waals surface area (Å²) in [7, 11) is 0. The van der Waals surface area contributed by atoms with E-state index in [1.165, 1.54) is 6.08 Å². The average molecular weight is 341 g/mol. The number of aliphatic carboxylic acids is 1. The van der Waals surface area contributed by atoms with Gasteiger partial charge in [0.25, 0.3) is 0 Å². The van der Waals surface area contributed by atoms with E-state index in [1.807, 2.05) is 6.92 Å². The fraction of sp³-hybridized carbons (Fsp3) is 0.267. The molecule has 0 atom stereocenters. The van der Waals surface area contributed by atoms with Crippen molar-refractivity contribution in [3.8, 4) is 11.5 Å². The van der Waals surface area contributed by atoms with Crippen LogP contribution in [-0.2, 0) is 4.79 Å². The van der Waals surface area contributed by atoms with E-state index in [9.17, 15) is 4.79 Å². The maximum absolute atomic E-state index is 10.6. The van der Waals surface area contributed by atoms with Crippen LogP contribution in [0.2, 0.25) is 0 Å². The molecule has 0 heterocycles. The summed E-state index contributed by atoms with van der Waals surface area (Å²) in [5, 5.41) is 8.68. The summed E-state index contributed by atoms with van der Waals surface area (Å²) in [6.07, 6.45) is 3.46. The predicted octanol–water partition coefficient (Wildman–Crippen LogP) is 3.86. The van der Waals surface area contributed by atoms with Crippen LogP contribution in [0.3, 0.4) is 0 Å². The van der Waals surface area contributed by atoms with Gasteiger partial charge in [0.05, 0.1) is 6.61 Å². The number of hydrogen-bond donors (Lipinski definition) is 1. The molecule has 4 nitrogen and oxygen atoms in total. The zero-order valence-electron chi connectivity index (χ0n) is 11.3. The Morgan fingerprint density at radius 2 is 2.20 bits per heavy atom. The Morgan fingerprint density at radius 1 is 1.45 bits per heavy atom. The lowest BCUT2D eigenvalue weighted by Gasteiger charge is -2.11. The number of carbonyl (C=O) groups is 1. The van der Waals surface area contributed by atoms with Crippen LogP contribution in [0, 0.1) is 0 Å². The van der Waals surface area contributed by atoms with E-state index in [2.05, 4.69) is 22.5 Å². The molecule has 20 heavy (non-hydrogen) atoms. The molecule has 0 amide bonds. The van der Waals surface area contributed by atoms with Gasteiger partial charge in [0.2, 0.25) is 0 Å². The Hall–Kier alpha value is -1.75. The van der Waals surface area contributed by atoms with Crippen molar-refractivity contribution >= 4 is 28.0 Å². The van der Waals surface area contributed by atoms with Gasteiger partial charge in [0.15, 0.2) is 0 Å². The summed E-state index contributed by atoms with van der Waals surface area (Å²) in [4.78, 5) is 10.6. The number of carboxylic acid groups (broad SMARTS) is 1. The Labute approximate surface area is 126 Å². The second-order valence-electron chi connectivity index (χ2n) is 4.03. The number of benzene rings is 1. The molecule has 0 saturated heterocycles. The van der Waals surface area contributed by atoms with Crippen molar-refractivity contribution < 1.29 is 19.4 Å². The van der Waals surface area contributed by atoms with Crippen molar-refractivity contribution in [2.24, 2.45) is 0 Å². The number of hydrogen-bond acceptors (Lipinski definition) is 3. The molecule has 0 unspecified atom stereocenters. The van der Waals surface area contributed by atoms with E-state index in [1.54, 1.807) is 18.2 Å². The Balaban J connectivity index is 2.95. The molecule has 1 N–H and O–H groups in total. The minimum atomic E-state index is -1.01. The summed E-state index contributed by atoms with van der Waals surface area (Å²) in [6.45, 7) is 6.64. The Kier molecular flexibility index (Phi) is 6.87. The molecule has 108 valence electrons. The molecule has 0 bridgehead atoms. The van der Waals surface area contributed by atoms with Crippen LogP contribution in [0.15, 0.2) is 35.3 Å². The normalized spacial score (nSPS) is 10.5. The smallest absolute Gasteiger partial charge is 0.328 e. The Morgan fingerprint density at radius 3 is 2.80 bits per heavy atom. The molecule has 0 aromatic heterocycles. The van der Waals surface area contributed by atoms with Crippen LogP contribution in [0.1, 0.15) is 18.9 Å². The molecule has 0 fully saturated rings.